The van der Waals surface area contributed by atoms with Crippen LogP contribution in [0.3, 0.4) is 0 Å². The van der Waals surface area contributed by atoms with Gasteiger partial charge in [-0.05, 0) is 17.7 Å². The summed E-state index contributed by atoms with van der Waals surface area (Å²) in [6.07, 6.45) is 0. The van der Waals surface area contributed by atoms with Crippen LogP contribution in [0.1, 0.15) is 11.1 Å². The molecule has 0 bridgehead atoms. The Labute approximate surface area is 202 Å². The van der Waals surface area contributed by atoms with Crippen LogP contribution in [-0.4, -0.2) is 84.4 Å². The molecular weight excluding hydrogens is 462 g/mol. The Morgan fingerprint density at radius 1 is 0.886 bits per heavy atom. The van der Waals surface area contributed by atoms with E-state index in [0.29, 0.717) is 23.8 Å². The molecule has 0 unspecified atom stereocenters. The number of aliphatic carboxylic acids is 2. The molecule has 190 valence electrons. The molecular formula is C23H29N3O9. The van der Waals surface area contributed by atoms with Gasteiger partial charge in [0.2, 0.25) is 5.75 Å². The summed E-state index contributed by atoms with van der Waals surface area (Å²) in [5.74, 6) is -1.76. The molecule has 1 saturated heterocycles. The Balaban J connectivity index is 0.000000641. The number of benzene rings is 2. The second-order valence-electron chi connectivity index (χ2n) is 7.58. The van der Waals surface area contributed by atoms with E-state index in [0.717, 1.165) is 43.9 Å². The fourth-order valence-electron chi connectivity index (χ4n) is 3.65. The first-order valence-electron chi connectivity index (χ1n) is 10.6. The van der Waals surface area contributed by atoms with Crippen molar-refractivity contribution in [3.05, 3.63) is 57.6 Å². The minimum absolute atomic E-state index is 0.187. The van der Waals surface area contributed by atoms with E-state index >= 15 is 0 Å². The van der Waals surface area contributed by atoms with Gasteiger partial charge in [-0.1, -0.05) is 18.2 Å². The summed E-state index contributed by atoms with van der Waals surface area (Å²) in [5, 5.41) is 26.0. The minimum atomic E-state index is -1.82. The summed E-state index contributed by atoms with van der Waals surface area (Å²) in [4.78, 5) is 33.7. The molecule has 2 aromatic carbocycles. The van der Waals surface area contributed by atoms with Crippen molar-refractivity contribution in [3.8, 4) is 17.2 Å². The Morgan fingerprint density at radius 2 is 1.37 bits per heavy atom. The number of carboxylic acids is 2. The highest BCUT2D eigenvalue weighted by atomic mass is 16.6. The van der Waals surface area contributed by atoms with Crippen molar-refractivity contribution in [2.24, 2.45) is 0 Å². The quantitative estimate of drug-likeness (QED) is 0.317. The molecule has 0 aromatic heterocycles. The van der Waals surface area contributed by atoms with Gasteiger partial charge in [0.05, 0.1) is 26.3 Å². The average molecular weight is 491 g/mol. The van der Waals surface area contributed by atoms with Crippen LogP contribution in [0, 0.1) is 10.1 Å². The second kappa shape index (κ2) is 13.1. The van der Waals surface area contributed by atoms with Gasteiger partial charge in [0.1, 0.15) is 0 Å². The molecule has 12 nitrogen and oxygen atoms in total. The fourth-order valence-corrected chi connectivity index (χ4v) is 3.65. The molecule has 2 N–H and O–H groups in total. The van der Waals surface area contributed by atoms with E-state index in [4.69, 9.17) is 34.0 Å². The molecule has 1 aliphatic rings. The lowest BCUT2D eigenvalue weighted by molar-refractivity contribution is -0.385. The lowest BCUT2D eigenvalue weighted by atomic mass is 10.1. The van der Waals surface area contributed by atoms with Crippen molar-refractivity contribution in [1.29, 1.82) is 0 Å². The maximum absolute atomic E-state index is 11.2. The Morgan fingerprint density at radius 3 is 1.80 bits per heavy atom. The van der Waals surface area contributed by atoms with E-state index in [9.17, 15) is 10.1 Å². The Hall–Kier alpha value is -3.90. The van der Waals surface area contributed by atoms with Crippen LogP contribution in [0.2, 0.25) is 0 Å². The van der Waals surface area contributed by atoms with E-state index in [1.807, 2.05) is 24.3 Å². The number of hydrogen-bond acceptors (Lipinski definition) is 9. The number of para-hydroxylation sites is 1. The summed E-state index contributed by atoms with van der Waals surface area (Å²) in [7, 11) is 4.82. The van der Waals surface area contributed by atoms with E-state index in [2.05, 4.69) is 9.80 Å². The van der Waals surface area contributed by atoms with Crippen LogP contribution < -0.4 is 14.2 Å². The van der Waals surface area contributed by atoms with Crippen molar-refractivity contribution < 1.29 is 38.9 Å². The number of piperazine rings is 1. The van der Waals surface area contributed by atoms with Gasteiger partial charge in [0.15, 0.2) is 11.5 Å². The molecule has 1 aliphatic heterocycles. The lowest BCUT2D eigenvalue weighted by Crippen LogP contribution is -2.45. The number of nitro groups is 1. The van der Waals surface area contributed by atoms with Crippen molar-refractivity contribution in [1.82, 2.24) is 9.80 Å². The third-order valence-corrected chi connectivity index (χ3v) is 5.36. The van der Waals surface area contributed by atoms with Gasteiger partial charge < -0.3 is 24.4 Å². The molecule has 0 spiro atoms. The molecule has 35 heavy (non-hydrogen) atoms. The molecule has 1 heterocycles. The van der Waals surface area contributed by atoms with E-state index in [1.54, 1.807) is 33.5 Å². The molecule has 0 amide bonds. The zero-order valence-electron chi connectivity index (χ0n) is 19.8. The summed E-state index contributed by atoms with van der Waals surface area (Å²) < 4.78 is 16.3. The summed E-state index contributed by atoms with van der Waals surface area (Å²) in [6, 6.07) is 10.9. The van der Waals surface area contributed by atoms with Gasteiger partial charge in [-0.3, -0.25) is 19.9 Å². The monoisotopic (exact) mass is 491 g/mol. The molecule has 0 aliphatic carbocycles. The summed E-state index contributed by atoms with van der Waals surface area (Å²) >= 11 is 0. The maximum Gasteiger partial charge on any atom is 0.414 e. The topological polar surface area (TPSA) is 152 Å². The van der Waals surface area contributed by atoms with Crippen molar-refractivity contribution in [2.75, 3.05) is 47.5 Å². The van der Waals surface area contributed by atoms with Gasteiger partial charge in [0, 0.05) is 50.9 Å². The number of carbonyl (C=O) groups is 2. The molecule has 0 atom stereocenters. The highest BCUT2D eigenvalue weighted by molar-refractivity contribution is 6.27. The predicted molar refractivity (Wildman–Crippen MR) is 125 cm³/mol. The third kappa shape index (κ3) is 7.83. The first kappa shape index (κ1) is 27.3. The van der Waals surface area contributed by atoms with Crippen LogP contribution in [0.4, 0.5) is 5.69 Å². The number of ether oxygens (including phenoxy) is 3. The largest absolute Gasteiger partial charge is 0.493 e. The van der Waals surface area contributed by atoms with Crippen molar-refractivity contribution >= 4 is 17.6 Å². The van der Waals surface area contributed by atoms with Crippen LogP contribution in [-0.2, 0) is 22.7 Å². The van der Waals surface area contributed by atoms with Crippen LogP contribution in [0.5, 0.6) is 17.2 Å². The third-order valence-electron chi connectivity index (χ3n) is 5.36. The summed E-state index contributed by atoms with van der Waals surface area (Å²) in [6.45, 7) is 4.85. The molecule has 12 heteroatoms. The molecule has 3 rings (SSSR count). The predicted octanol–water partition coefficient (Wildman–Crippen LogP) is 2.09. The van der Waals surface area contributed by atoms with E-state index in [1.165, 1.54) is 0 Å². The number of nitrogens with zero attached hydrogens (tertiary/aromatic N) is 3. The van der Waals surface area contributed by atoms with Crippen molar-refractivity contribution in [2.45, 2.75) is 13.1 Å². The standard InChI is InChI=1S/C21H27N3O5.C2H2O4/c1-27-19-12-16(13-20(28-2)21(19)29-3)14-22-8-10-23(11-9-22)15-17-6-4-5-7-18(17)24(25)26;3-1(4)2(5)6/h4-7,12-13H,8-11,14-15H2,1-3H3;(H,3,4)(H,5,6). The molecule has 0 saturated carbocycles. The van der Waals surface area contributed by atoms with Gasteiger partial charge >= 0.3 is 11.9 Å². The highest BCUT2D eigenvalue weighted by Gasteiger charge is 2.21. The number of nitro benzene ring substituents is 1. The first-order valence-corrected chi connectivity index (χ1v) is 10.6. The lowest BCUT2D eigenvalue weighted by Gasteiger charge is -2.34. The Kier molecular flexibility index (Phi) is 10.2. The Bertz CT molecular complexity index is 1000. The average Bonchev–Trinajstić information content (AvgIpc) is 2.85. The number of carboxylic acid groups (broad SMARTS) is 2. The molecule has 0 radical (unpaired) electrons. The van der Waals surface area contributed by atoms with Gasteiger partial charge in [-0.2, -0.15) is 0 Å². The van der Waals surface area contributed by atoms with Gasteiger partial charge in [-0.15, -0.1) is 0 Å². The minimum Gasteiger partial charge on any atom is -0.493 e. The number of hydrogen-bond donors (Lipinski definition) is 2. The fraction of sp³-hybridized carbons (Fsp3) is 0.391. The molecule has 1 fully saturated rings. The smallest absolute Gasteiger partial charge is 0.414 e. The first-order chi connectivity index (χ1) is 16.7. The van der Waals surface area contributed by atoms with Gasteiger partial charge in [0.25, 0.3) is 5.69 Å². The van der Waals surface area contributed by atoms with Crippen LogP contribution in [0.25, 0.3) is 0 Å². The summed E-state index contributed by atoms with van der Waals surface area (Å²) in [5.41, 5.74) is 2.04. The highest BCUT2D eigenvalue weighted by Crippen LogP contribution is 2.38. The number of methoxy groups -OCH3 is 3. The van der Waals surface area contributed by atoms with Crippen LogP contribution in [0.15, 0.2) is 36.4 Å². The van der Waals surface area contributed by atoms with E-state index < -0.39 is 11.9 Å². The SMILES string of the molecule is COc1cc(CN2CCN(Cc3ccccc3[N+](=O)[O-])CC2)cc(OC)c1OC.O=C(O)C(=O)O. The zero-order chi connectivity index (χ0) is 26.0. The van der Waals surface area contributed by atoms with Crippen LogP contribution >= 0.6 is 0 Å². The maximum atomic E-state index is 11.2. The normalized spacial score (nSPS) is 13.8. The van der Waals surface area contributed by atoms with E-state index in [-0.39, 0.29) is 10.6 Å². The molecule has 2 aromatic rings. The number of rotatable bonds is 8. The zero-order valence-corrected chi connectivity index (χ0v) is 19.8. The second-order valence-corrected chi connectivity index (χ2v) is 7.58. The van der Waals surface area contributed by atoms with Gasteiger partial charge in [-0.25, -0.2) is 9.59 Å². The van der Waals surface area contributed by atoms with Crippen molar-refractivity contribution in [3.63, 3.8) is 0 Å².